The van der Waals surface area contributed by atoms with Gasteiger partial charge < -0.3 is 20.5 Å². The van der Waals surface area contributed by atoms with E-state index in [1.807, 2.05) is 12.1 Å². The zero-order chi connectivity index (χ0) is 15.8. The van der Waals surface area contributed by atoms with E-state index in [1.165, 1.54) is 5.56 Å². The first-order valence-corrected chi connectivity index (χ1v) is 8.66. The summed E-state index contributed by atoms with van der Waals surface area (Å²) in [7, 11) is 0. The zero-order valence-corrected chi connectivity index (χ0v) is 14.5. The predicted octanol–water partition coefficient (Wildman–Crippen LogP) is 2.37. The second-order valence-corrected chi connectivity index (χ2v) is 6.97. The number of halogens is 1. The highest BCUT2D eigenvalue weighted by atomic mass is 35.5. The van der Waals surface area contributed by atoms with E-state index in [1.54, 1.807) is 0 Å². The molecule has 1 aliphatic heterocycles. The molecule has 1 aromatic carbocycles. The Balaban J connectivity index is 0.00000169. The van der Waals surface area contributed by atoms with Crippen molar-refractivity contribution in [3.8, 4) is 11.5 Å². The first-order chi connectivity index (χ1) is 11.2. The number of amides is 1. The largest absolute Gasteiger partial charge is 0.486 e. The molecule has 24 heavy (non-hydrogen) atoms. The molecule has 2 atom stereocenters. The number of benzene rings is 1. The summed E-state index contributed by atoms with van der Waals surface area (Å²) in [6, 6.07) is 6.68. The lowest BCUT2D eigenvalue weighted by molar-refractivity contribution is -0.123. The zero-order valence-electron chi connectivity index (χ0n) is 13.7. The maximum absolute atomic E-state index is 12.4. The molecule has 1 aromatic rings. The van der Waals surface area contributed by atoms with Gasteiger partial charge >= 0.3 is 0 Å². The van der Waals surface area contributed by atoms with Gasteiger partial charge in [-0.15, -0.1) is 12.4 Å². The number of fused-ring (bicyclic) bond motifs is 1. The Morgan fingerprint density at radius 3 is 2.54 bits per heavy atom. The van der Waals surface area contributed by atoms with Crippen LogP contribution in [0.1, 0.15) is 43.6 Å². The summed E-state index contributed by atoms with van der Waals surface area (Å²) in [5.41, 5.74) is 7.10. The topological polar surface area (TPSA) is 73.6 Å². The third-order valence-electron chi connectivity index (χ3n) is 5.24. The van der Waals surface area contributed by atoms with Crippen LogP contribution in [-0.2, 0) is 4.79 Å². The van der Waals surface area contributed by atoms with Crippen LogP contribution in [0.3, 0.4) is 0 Å². The molecule has 2 saturated carbocycles. The predicted molar refractivity (Wildman–Crippen MR) is 93.9 cm³/mol. The molecule has 2 aliphatic carbocycles. The molecule has 0 saturated heterocycles. The van der Waals surface area contributed by atoms with Crippen molar-refractivity contribution in [2.45, 2.75) is 50.1 Å². The first kappa shape index (κ1) is 17.4. The summed E-state index contributed by atoms with van der Waals surface area (Å²) >= 11 is 0. The van der Waals surface area contributed by atoms with Crippen LogP contribution in [0.2, 0.25) is 0 Å². The van der Waals surface area contributed by atoms with Gasteiger partial charge in [-0.25, -0.2) is 0 Å². The summed E-state index contributed by atoms with van der Waals surface area (Å²) in [5.74, 6) is 2.23. The fourth-order valence-electron chi connectivity index (χ4n) is 3.72. The van der Waals surface area contributed by atoms with Gasteiger partial charge in [0.1, 0.15) is 13.2 Å². The van der Waals surface area contributed by atoms with Crippen LogP contribution >= 0.6 is 12.4 Å². The minimum atomic E-state index is 0. The smallest absolute Gasteiger partial charge is 0.223 e. The van der Waals surface area contributed by atoms with Gasteiger partial charge in [0.25, 0.3) is 0 Å². The molecule has 3 N–H and O–H groups in total. The number of nitrogens with two attached hydrogens (primary N) is 1. The lowest BCUT2D eigenvalue weighted by Gasteiger charge is -2.26. The molecule has 0 bridgehead atoms. The van der Waals surface area contributed by atoms with Crippen LogP contribution in [0.5, 0.6) is 11.5 Å². The summed E-state index contributed by atoms with van der Waals surface area (Å²) in [6.45, 7) is 1.20. The molecule has 0 aromatic heterocycles. The van der Waals surface area contributed by atoms with Crippen molar-refractivity contribution in [3.05, 3.63) is 23.8 Å². The van der Waals surface area contributed by atoms with Gasteiger partial charge in [0, 0.05) is 18.0 Å². The van der Waals surface area contributed by atoms with E-state index in [9.17, 15) is 4.79 Å². The van der Waals surface area contributed by atoms with Crippen molar-refractivity contribution in [2.24, 2.45) is 11.7 Å². The van der Waals surface area contributed by atoms with Crippen molar-refractivity contribution in [1.29, 1.82) is 0 Å². The molecule has 5 nitrogen and oxygen atoms in total. The van der Waals surface area contributed by atoms with Crippen LogP contribution in [0.25, 0.3) is 0 Å². The molecule has 3 aliphatic rings. The summed E-state index contributed by atoms with van der Waals surface area (Å²) in [5, 5.41) is 3.21. The second kappa shape index (κ2) is 7.19. The van der Waals surface area contributed by atoms with E-state index in [-0.39, 0.29) is 24.2 Å². The van der Waals surface area contributed by atoms with E-state index < -0.39 is 0 Å². The van der Waals surface area contributed by atoms with E-state index in [0.29, 0.717) is 31.2 Å². The number of hydrogen-bond acceptors (Lipinski definition) is 4. The van der Waals surface area contributed by atoms with Crippen molar-refractivity contribution in [3.63, 3.8) is 0 Å². The van der Waals surface area contributed by atoms with Crippen LogP contribution < -0.4 is 20.5 Å². The van der Waals surface area contributed by atoms with E-state index in [0.717, 1.165) is 43.6 Å². The van der Waals surface area contributed by atoms with Gasteiger partial charge in [0.05, 0.1) is 0 Å². The van der Waals surface area contributed by atoms with Gasteiger partial charge in [-0.3, -0.25) is 4.79 Å². The maximum Gasteiger partial charge on any atom is 0.223 e. The number of carbonyl (C=O) groups is 1. The normalized spacial score (nSPS) is 30.9. The lowest BCUT2D eigenvalue weighted by atomic mass is 9.91. The first-order valence-electron chi connectivity index (χ1n) is 8.66. The van der Waals surface area contributed by atoms with Gasteiger partial charge in [-0.05, 0) is 55.7 Å². The van der Waals surface area contributed by atoms with E-state index in [2.05, 4.69) is 11.4 Å². The van der Waals surface area contributed by atoms with E-state index >= 15 is 0 Å². The molecule has 1 heterocycles. The summed E-state index contributed by atoms with van der Waals surface area (Å²) in [4.78, 5) is 12.4. The lowest BCUT2D eigenvalue weighted by Crippen LogP contribution is -2.41. The third kappa shape index (κ3) is 3.62. The highest BCUT2D eigenvalue weighted by Crippen LogP contribution is 2.49. The molecule has 1 amide bonds. The SMILES string of the molecule is Cl.NC1CCC(NC(=O)C2CC2c2ccc3c(c2)OCCO3)CC1. The number of hydrogen-bond donors (Lipinski definition) is 2. The van der Waals surface area contributed by atoms with Crippen LogP contribution in [-0.4, -0.2) is 31.2 Å². The molecular formula is C18H25ClN2O3. The van der Waals surface area contributed by atoms with E-state index in [4.69, 9.17) is 15.2 Å². The fraction of sp³-hybridized carbons (Fsp3) is 0.611. The van der Waals surface area contributed by atoms with Gasteiger partial charge in [0.15, 0.2) is 11.5 Å². The standard InChI is InChI=1S/C18H24N2O3.ClH/c19-12-2-4-13(5-3-12)20-18(21)15-10-14(15)11-1-6-16-17(9-11)23-8-7-22-16;/h1,6,9,12-15H,2-5,7-8,10,19H2,(H,20,21);1H. The van der Waals surface area contributed by atoms with Crippen LogP contribution in [0.4, 0.5) is 0 Å². The van der Waals surface area contributed by atoms with Gasteiger partial charge in [0.2, 0.25) is 5.91 Å². The molecule has 0 spiro atoms. The molecule has 0 radical (unpaired) electrons. The fourth-order valence-corrected chi connectivity index (χ4v) is 3.72. The second-order valence-electron chi connectivity index (χ2n) is 6.97. The van der Waals surface area contributed by atoms with Gasteiger partial charge in [-0.1, -0.05) is 6.07 Å². The van der Waals surface area contributed by atoms with Crippen molar-refractivity contribution < 1.29 is 14.3 Å². The Morgan fingerprint density at radius 1 is 1.08 bits per heavy atom. The highest BCUT2D eigenvalue weighted by molar-refractivity contribution is 5.85. The van der Waals surface area contributed by atoms with Crippen LogP contribution in [0, 0.1) is 5.92 Å². The Bertz CT molecular complexity index is 602. The molecule has 2 unspecified atom stereocenters. The Morgan fingerprint density at radius 2 is 1.79 bits per heavy atom. The summed E-state index contributed by atoms with van der Waals surface area (Å²) < 4.78 is 11.2. The Labute approximate surface area is 148 Å². The molecular weight excluding hydrogens is 328 g/mol. The quantitative estimate of drug-likeness (QED) is 0.875. The number of carbonyl (C=O) groups excluding carboxylic acids is 1. The molecule has 2 fully saturated rings. The molecule has 6 heteroatoms. The summed E-state index contributed by atoms with van der Waals surface area (Å²) in [6.07, 6.45) is 4.97. The number of rotatable bonds is 3. The Hall–Kier alpha value is -1.46. The van der Waals surface area contributed by atoms with Crippen molar-refractivity contribution >= 4 is 18.3 Å². The monoisotopic (exact) mass is 352 g/mol. The highest BCUT2D eigenvalue weighted by Gasteiger charge is 2.44. The molecule has 4 rings (SSSR count). The molecule has 132 valence electrons. The van der Waals surface area contributed by atoms with Gasteiger partial charge in [-0.2, -0.15) is 0 Å². The average molecular weight is 353 g/mol. The average Bonchev–Trinajstić information content (AvgIpc) is 3.37. The number of nitrogens with one attached hydrogen (secondary N) is 1. The minimum Gasteiger partial charge on any atom is -0.486 e. The van der Waals surface area contributed by atoms with Crippen LogP contribution in [0.15, 0.2) is 18.2 Å². The maximum atomic E-state index is 12.4. The Kier molecular flexibility index (Phi) is 5.21. The minimum absolute atomic E-state index is 0. The number of ether oxygens (including phenoxy) is 2. The third-order valence-corrected chi connectivity index (χ3v) is 5.24. The van der Waals surface area contributed by atoms with Crippen molar-refractivity contribution in [2.75, 3.05) is 13.2 Å². The van der Waals surface area contributed by atoms with Crippen molar-refractivity contribution in [1.82, 2.24) is 5.32 Å².